The van der Waals surface area contributed by atoms with Crippen LogP contribution in [0.25, 0.3) is 0 Å². The largest absolute Gasteiger partial charge is 0.398 e. The van der Waals surface area contributed by atoms with Crippen molar-refractivity contribution in [3.8, 4) is 0 Å². The average Bonchev–Trinajstić information content (AvgIpc) is 2.30. The second-order valence-electron chi connectivity index (χ2n) is 3.96. The lowest BCUT2D eigenvalue weighted by atomic mass is 10.0. The van der Waals surface area contributed by atoms with E-state index in [9.17, 15) is 0 Å². The maximum atomic E-state index is 8.68. The minimum Gasteiger partial charge on any atom is -0.398 e. The molecule has 3 nitrogen and oxygen atoms in total. The summed E-state index contributed by atoms with van der Waals surface area (Å²) in [5.74, 6) is 0. The van der Waals surface area contributed by atoms with Crippen molar-refractivity contribution in [2.75, 3.05) is 14.2 Å². The van der Waals surface area contributed by atoms with Gasteiger partial charge in [-0.05, 0) is 19.4 Å². The Bertz CT molecular complexity index is 163. The van der Waals surface area contributed by atoms with E-state index in [1.54, 1.807) is 14.2 Å². The van der Waals surface area contributed by atoms with Gasteiger partial charge < -0.3 is 8.85 Å². The summed E-state index contributed by atoms with van der Waals surface area (Å²) in [6.07, 6.45) is 8.24. The zero-order chi connectivity index (χ0) is 11.7. The zero-order valence-electron chi connectivity index (χ0n) is 10.3. The van der Waals surface area contributed by atoms with E-state index in [-0.39, 0.29) is 0 Å². The number of carbonyl (C=O) groups excluding carboxylic acids is 1. The molecule has 0 aromatic rings. The highest BCUT2D eigenvalue weighted by Crippen LogP contribution is 2.37. The summed E-state index contributed by atoms with van der Waals surface area (Å²) in [5, 5.41) is 0. The molecule has 15 heavy (non-hydrogen) atoms. The molecule has 0 bridgehead atoms. The molecule has 0 aromatic heterocycles. The topological polar surface area (TPSA) is 35.5 Å². The third kappa shape index (κ3) is 4.91. The van der Waals surface area contributed by atoms with E-state index in [0.29, 0.717) is 0 Å². The minimum atomic E-state index is -1.80. The predicted molar refractivity (Wildman–Crippen MR) is 63.8 cm³/mol. The molecule has 0 atom stereocenters. The SMILES string of the molecule is CO[Si](C)(OC)C1CCCCC1.C[C]=O. The van der Waals surface area contributed by atoms with Gasteiger partial charge in [0.15, 0.2) is 6.29 Å². The quantitative estimate of drug-likeness (QED) is 0.701. The summed E-state index contributed by atoms with van der Waals surface area (Å²) in [4.78, 5) is 8.68. The van der Waals surface area contributed by atoms with Crippen molar-refractivity contribution in [3.63, 3.8) is 0 Å². The molecule has 89 valence electrons. The fraction of sp³-hybridized carbons (Fsp3) is 0.909. The smallest absolute Gasteiger partial charge is 0.337 e. The second-order valence-corrected chi connectivity index (χ2v) is 7.63. The Balaban J connectivity index is 0.000000583. The molecule has 1 fully saturated rings. The summed E-state index contributed by atoms with van der Waals surface area (Å²) in [6, 6.07) is 0. The van der Waals surface area contributed by atoms with Gasteiger partial charge in [0.25, 0.3) is 0 Å². The van der Waals surface area contributed by atoms with Gasteiger partial charge >= 0.3 is 8.56 Å². The molecule has 1 aliphatic carbocycles. The van der Waals surface area contributed by atoms with E-state index >= 15 is 0 Å². The summed E-state index contributed by atoms with van der Waals surface area (Å²) in [6.45, 7) is 3.50. The van der Waals surface area contributed by atoms with E-state index in [1.165, 1.54) is 45.3 Å². The van der Waals surface area contributed by atoms with Crippen LogP contribution < -0.4 is 0 Å². The molecule has 0 spiro atoms. The third-order valence-electron chi connectivity index (χ3n) is 3.16. The Morgan fingerprint density at radius 1 is 1.13 bits per heavy atom. The lowest BCUT2D eigenvalue weighted by Crippen LogP contribution is -2.42. The highest BCUT2D eigenvalue weighted by Gasteiger charge is 2.39. The average molecular weight is 231 g/mol. The molecule has 0 heterocycles. The van der Waals surface area contributed by atoms with Gasteiger partial charge in [-0.3, -0.25) is 4.79 Å². The molecule has 1 radical (unpaired) electrons. The fourth-order valence-corrected chi connectivity index (χ4v) is 4.33. The predicted octanol–water partition coefficient (Wildman–Crippen LogP) is 2.80. The van der Waals surface area contributed by atoms with Gasteiger partial charge in [0.05, 0.1) is 0 Å². The van der Waals surface area contributed by atoms with Gasteiger partial charge in [0.1, 0.15) is 0 Å². The van der Waals surface area contributed by atoms with Crippen LogP contribution in [0.3, 0.4) is 0 Å². The maximum absolute atomic E-state index is 8.68. The van der Waals surface area contributed by atoms with E-state index in [1.807, 2.05) is 0 Å². The van der Waals surface area contributed by atoms with E-state index < -0.39 is 8.56 Å². The number of rotatable bonds is 3. The zero-order valence-corrected chi connectivity index (χ0v) is 11.3. The first-order chi connectivity index (χ1) is 7.14. The van der Waals surface area contributed by atoms with Gasteiger partial charge in [-0.1, -0.05) is 19.3 Å². The standard InChI is InChI=1S/C9H20O2Si.C2H3O/c1-10-12(3,11-2)9-7-5-4-6-8-9;1-2-3/h9H,4-8H2,1-3H3;1H3. The Labute approximate surface area is 94.4 Å². The molecule has 0 aromatic carbocycles. The second kappa shape index (κ2) is 8.02. The lowest BCUT2D eigenvalue weighted by molar-refractivity contribution is 0.224. The third-order valence-corrected chi connectivity index (χ3v) is 6.84. The van der Waals surface area contributed by atoms with Crippen molar-refractivity contribution in [2.45, 2.75) is 51.1 Å². The molecule has 0 aliphatic heterocycles. The first kappa shape index (κ1) is 14.8. The van der Waals surface area contributed by atoms with Crippen LogP contribution in [0.1, 0.15) is 39.0 Å². The lowest BCUT2D eigenvalue weighted by Gasteiger charge is -2.34. The molecule has 1 saturated carbocycles. The summed E-state index contributed by atoms with van der Waals surface area (Å²) in [7, 11) is 1.80. The van der Waals surface area contributed by atoms with Gasteiger partial charge in [-0.15, -0.1) is 0 Å². The Hall–Kier alpha value is -0.193. The van der Waals surface area contributed by atoms with Crippen LogP contribution in [0.4, 0.5) is 0 Å². The Morgan fingerprint density at radius 3 is 1.87 bits per heavy atom. The summed E-state index contributed by atoms with van der Waals surface area (Å²) < 4.78 is 11.1. The van der Waals surface area contributed by atoms with Crippen molar-refractivity contribution >= 4 is 14.8 Å². The Kier molecular flexibility index (Phi) is 7.91. The number of hydrogen-bond acceptors (Lipinski definition) is 3. The molecule has 0 N–H and O–H groups in total. The van der Waals surface area contributed by atoms with Crippen molar-refractivity contribution in [2.24, 2.45) is 0 Å². The molecule has 0 saturated heterocycles. The molecular weight excluding hydrogens is 208 g/mol. The van der Waals surface area contributed by atoms with Gasteiger partial charge in [0.2, 0.25) is 0 Å². The highest BCUT2D eigenvalue weighted by molar-refractivity contribution is 6.67. The molecular formula is C11H23O3Si. The van der Waals surface area contributed by atoms with Crippen LogP contribution in [0.15, 0.2) is 0 Å². The molecule has 1 rings (SSSR count). The monoisotopic (exact) mass is 231 g/mol. The van der Waals surface area contributed by atoms with Crippen molar-refractivity contribution < 1.29 is 13.6 Å². The van der Waals surface area contributed by atoms with Crippen molar-refractivity contribution in [1.82, 2.24) is 0 Å². The van der Waals surface area contributed by atoms with Gasteiger partial charge in [-0.2, -0.15) is 0 Å². The van der Waals surface area contributed by atoms with Crippen LogP contribution >= 0.6 is 0 Å². The summed E-state index contributed by atoms with van der Waals surface area (Å²) >= 11 is 0. The van der Waals surface area contributed by atoms with E-state index in [2.05, 4.69) is 6.55 Å². The molecule has 0 unspecified atom stereocenters. The fourth-order valence-electron chi connectivity index (χ4n) is 2.04. The minimum absolute atomic E-state index is 0.723. The van der Waals surface area contributed by atoms with Crippen molar-refractivity contribution in [3.05, 3.63) is 0 Å². The maximum Gasteiger partial charge on any atom is 0.337 e. The van der Waals surface area contributed by atoms with E-state index in [0.717, 1.165) is 5.54 Å². The van der Waals surface area contributed by atoms with Crippen molar-refractivity contribution in [1.29, 1.82) is 0 Å². The van der Waals surface area contributed by atoms with Crippen LogP contribution in [-0.2, 0) is 13.6 Å². The normalized spacial score (nSPS) is 17.9. The molecule has 0 amide bonds. The van der Waals surface area contributed by atoms with Crippen LogP contribution in [0.5, 0.6) is 0 Å². The van der Waals surface area contributed by atoms with E-state index in [4.69, 9.17) is 13.6 Å². The Morgan fingerprint density at radius 2 is 1.53 bits per heavy atom. The number of hydrogen-bond donors (Lipinski definition) is 0. The van der Waals surface area contributed by atoms with Crippen LogP contribution in [0, 0.1) is 0 Å². The first-order valence-electron chi connectivity index (χ1n) is 5.53. The van der Waals surface area contributed by atoms with Gasteiger partial charge in [-0.25, -0.2) is 0 Å². The van der Waals surface area contributed by atoms with Crippen LogP contribution in [-0.4, -0.2) is 29.1 Å². The first-order valence-corrected chi connectivity index (χ1v) is 7.93. The highest BCUT2D eigenvalue weighted by atomic mass is 28.4. The summed E-state index contributed by atoms with van der Waals surface area (Å²) in [5.41, 5.74) is 0.723. The van der Waals surface area contributed by atoms with Crippen LogP contribution in [0.2, 0.25) is 12.1 Å². The van der Waals surface area contributed by atoms with Gasteiger partial charge in [0, 0.05) is 26.7 Å². The molecule has 1 aliphatic rings. The molecule has 4 heteroatoms.